The standard InChI is InChI=1S/C8H16I2/c1-2-3-5-8(10)6-4-7-9/h8H,2-7H2,1H3. The number of rotatable bonds is 6. The Bertz CT molecular complexity index is 56.3. The van der Waals surface area contributed by atoms with E-state index in [4.69, 9.17) is 0 Å². The molecule has 0 radical (unpaired) electrons. The van der Waals surface area contributed by atoms with Gasteiger partial charge in [-0.25, -0.2) is 0 Å². The van der Waals surface area contributed by atoms with Crippen molar-refractivity contribution in [3.05, 3.63) is 0 Å². The Morgan fingerprint density at radius 3 is 2.30 bits per heavy atom. The van der Waals surface area contributed by atoms with Crippen molar-refractivity contribution in [1.82, 2.24) is 0 Å². The van der Waals surface area contributed by atoms with E-state index in [1.807, 2.05) is 0 Å². The van der Waals surface area contributed by atoms with Gasteiger partial charge in [0.25, 0.3) is 0 Å². The Labute approximate surface area is 91.8 Å². The van der Waals surface area contributed by atoms with Crippen molar-refractivity contribution >= 4 is 45.2 Å². The van der Waals surface area contributed by atoms with Crippen LogP contribution in [0.3, 0.4) is 0 Å². The Balaban J connectivity index is 3.00. The van der Waals surface area contributed by atoms with Crippen molar-refractivity contribution < 1.29 is 0 Å². The lowest BCUT2D eigenvalue weighted by molar-refractivity contribution is 0.659. The predicted molar refractivity (Wildman–Crippen MR) is 65.5 cm³/mol. The van der Waals surface area contributed by atoms with Crippen molar-refractivity contribution in [2.24, 2.45) is 0 Å². The molecule has 0 heterocycles. The number of halogens is 2. The average molecular weight is 366 g/mol. The van der Waals surface area contributed by atoms with Gasteiger partial charge in [-0.15, -0.1) is 0 Å². The summed E-state index contributed by atoms with van der Waals surface area (Å²) in [4.78, 5) is 0. The zero-order valence-corrected chi connectivity index (χ0v) is 10.9. The van der Waals surface area contributed by atoms with Crippen LogP contribution < -0.4 is 0 Å². The first-order valence-electron chi connectivity index (χ1n) is 4.01. The molecule has 1 unspecified atom stereocenters. The number of hydrogen-bond donors (Lipinski definition) is 0. The monoisotopic (exact) mass is 366 g/mol. The smallest absolute Gasteiger partial charge is 0.0110 e. The van der Waals surface area contributed by atoms with Crippen LogP contribution in [0.4, 0.5) is 0 Å². The highest BCUT2D eigenvalue weighted by molar-refractivity contribution is 14.1. The first-order valence-corrected chi connectivity index (χ1v) is 6.78. The maximum atomic E-state index is 2.58. The predicted octanol–water partition coefficient (Wildman–Crippen LogP) is 4.20. The molecule has 10 heavy (non-hydrogen) atoms. The van der Waals surface area contributed by atoms with E-state index >= 15 is 0 Å². The van der Waals surface area contributed by atoms with Crippen LogP contribution in [0.5, 0.6) is 0 Å². The van der Waals surface area contributed by atoms with Crippen LogP contribution in [-0.2, 0) is 0 Å². The maximum absolute atomic E-state index is 2.58. The molecule has 0 aliphatic heterocycles. The minimum atomic E-state index is 0.937. The molecule has 0 rings (SSSR count). The van der Waals surface area contributed by atoms with E-state index in [1.165, 1.54) is 36.5 Å². The molecule has 0 saturated heterocycles. The van der Waals surface area contributed by atoms with Gasteiger partial charge in [0, 0.05) is 3.92 Å². The first-order chi connectivity index (χ1) is 4.81. The molecular weight excluding hydrogens is 350 g/mol. The van der Waals surface area contributed by atoms with E-state index < -0.39 is 0 Å². The van der Waals surface area contributed by atoms with Gasteiger partial charge in [-0.1, -0.05) is 64.9 Å². The fraction of sp³-hybridized carbons (Fsp3) is 1.00. The Morgan fingerprint density at radius 2 is 1.80 bits per heavy atom. The Kier molecular flexibility index (Phi) is 9.80. The summed E-state index contributed by atoms with van der Waals surface area (Å²) >= 11 is 5.04. The van der Waals surface area contributed by atoms with Gasteiger partial charge in [0.2, 0.25) is 0 Å². The molecule has 0 saturated carbocycles. The van der Waals surface area contributed by atoms with Crippen LogP contribution in [0.15, 0.2) is 0 Å². The lowest BCUT2D eigenvalue weighted by atomic mass is 10.1. The topological polar surface area (TPSA) is 0 Å². The van der Waals surface area contributed by atoms with Gasteiger partial charge in [0.15, 0.2) is 0 Å². The van der Waals surface area contributed by atoms with E-state index in [-0.39, 0.29) is 0 Å². The minimum Gasteiger partial charge on any atom is -0.0864 e. The highest BCUT2D eigenvalue weighted by atomic mass is 127. The van der Waals surface area contributed by atoms with Crippen LogP contribution in [0.2, 0.25) is 0 Å². The molecule has 0 bridgehead atoms. The molecule has 0 amide bonds. The number of alkyl halides is 2. The van der Waals surface area contributed by atoms with Crippen LogP contribution in [0.25, 0.3) is 0 Å². The third-order valence-corrected chi connectivity index (χ3v) is 3.53. The molecular formula is C8H16I2. The normalized spacial score (nSPS) is 13.5. The molecule has 0 nitrogen and oxygen atoms in total. The van der Waals surface area contributed by atoms with Gasteiger partial charge in [-0.3, -0.25) is 0 Å². The molecule has 0 aromatic rings. The highest BCUT2D eigenvalue weighted by Gasteiger charge is 2.00. The average Bonchev–Trinajstić information content (AvgIpc) is 1.97. The van der Waals surface area contributed by atoms with Crippen LogP contribution >= 0.6 is 45.2 Å². The van der Waals surface area contributed by atoms with Crippen LogP contribution in [-0.4, -0.2) is 8.35 Å². The summed E-state index contributed by atoms with van der Waals surface area (Å²) in [6.45, 7) is 2.27. The SMILES string of the molecule is CCCCC(I)CCCI. The molecule has 0 aromatic heterocycles. The van der Waals surface area contributed by atoms with Crippen molar-refractivity contribution in [2.45, 2.75) is 43.0 Å². The van der Waals surface area contributed by atoms with Gasteiger partial charge in [0.05, 0.1) is 0 Å². The third kappa shape index (κ3) is 7.57. The molecule has 0 fully saturated rings. The minimum absolute atomic E-state index is 0.937. The maximum Gasteiger partial charge on any atom is 0.0110 e. The Hall–Kier alpha value is 1.46. The fourth-order valence-electron chi connectivity index (χ4n) is 0.869. The van der Waals surface area contributed by atoms with Gasteiger partial charge in [-0.2, -0.15) is 0 Å². The molecule has 62 valence electrons. The third-order valence-electron chi connectivity index (χ3n) is 1.52. The molecule has 0 spiro atoms. The molecule has 2 heteroatoms. The quantitative estimate of drug-likeness (QED) is 0.489. The molecule has 0 aromatic carbocycles. The number of hydrogen-bond acceptors (Lipinski definition) is 0. The van der Waals surface area contributed by atoms with Crippen LogP contribution in [0.1, 0.15) is 39.0 Å². The summed E-state index contributed by atoms with van der Waals surface area (Å²) < 4.78 is 2.26. The fourth-order valence-corrected chi connectivity index (χ4v) is 2.19. The molecule has 0 aliphatic rings. The van der Waals surface area contributed by atoms with E-state index in [9.17, 15) is 0 Å². The van der Waals surface area contributed by atoms with E-state index in [0.29, 0.717) is 0 Å². The number of unbranched alkanes of at least 4 members (excludes halogenated alkanes) is 1. The van der Waals surface area contributed by atoms with Crippen LogP contribution in [0, 0.1) is 0 Å². The summed E-state index contributed by atoms with van der Waals surface area (Å²) in [6, 6.07) is 0. The van der Waals surface area contributed by atoms with Crippen molar-refractivity contribution in [2.75, 3.05) is 4.43 Å². The second-order valence-corrected chi connectivity index (χ2v) is 5.41. The van der Waals surface area contributed by atoms with E-state index in [2.05, 4.69) is 52.1 Å². The summed E-state index contributed by atoms with van der Waals surface area (Å²) in [5.74, 6) is 0. The zero-order chi connectivity index (χ0) is 7.82. The summed E-state index contributed by atoms with van der Waals surface area (Å²) in [5.41, 5.74) is 0. The lowest BCUT2D eigenvalue weighted by Gasteiger charge is -2.06. The first kappa shape index (κ1) is 11.5. The van der Waals surface area contributed by atoms with Crippen molar-refractivity contribution in [3.8, 4) is 0 Å². The summed E-state index contributed by atoms with van der Waals surface area (Å²) in [5, 5.41) is 0. The molecule has 0 aliphatic carbocycles. The largest absolute Gasteiger partial charge is 0.0864 e. The van der Waals surface area contributed by atoms with Crippen molar-refractivity contribution in [3.63, 3.8) is 0 Å². The van der Waals surface area contributed by atoms with E-state index in [0.717, 1.165) is 3.92 Å². The molecule has 0 N–H and O–H groups in total. The second kappa shape index (κ2) is 8.56. The Morgan fingerprint density at radius 1 is 1.20 bits per heavy atom. The van der Waals surface area contributed by atoms with E-state index in [1.54, 1.807) is 0 Å². The van der Waals surface area contributed by atoms with Gasteiger partial charge >= 0.3 is 0 Å². The summed E-state index contributed by atoms with van der Waals surface area (Å²) in [7, 11) is 0. The van der Waals surface area contributed by atoms with Gasteiger partial charge < -0.3 is 0 Å². The lowest BCUT2D eigenvalue weighted by Crippen LogP contribution is -1.96. The molecule has 1 atom stereocenters. The summed E-state index contributed by atoms with van der Waals surface area (Å²) in [6.07, 6.45) is 7.01. The highest BCUT2D eigenvalue weighted by Crippen LogP contribution is 2.16. The zero-order valence-electron chi connectivity index (χ0n) is 6.58. The van der Waals surface area contributed by atoms with Crippen molar-refractivity contribution in [1.29, 1.82) is 0 Å². The van der Waals surface area contributed by atoms with Gasteiger partial charge in [0.1, 0.15) is 0 Å². The second-order valence-electron chi connectivity index (χ2n) is 2.57. The van der Waals surface area contributed by atoms with Gasteiger partial charge in [-0.05, 0) is 23.7 Å².